The van der Waals surface area contributed by atoms with Crippen molar-refractivity contribution in [3.8, 4) is 0 Å². The van der Waals surface area contributed by atoms with Crippen LogP contribution in [0, 0.1) is 17.8 Å². The molecule has 1 aliphatic carbocycles. The van der Waals surface area contributed by atoms with Crippen molar-refractivity contribution in [2.24, 2.45) is 17.8 Å². The van der Waals surface area contributed by atoms with Crippen LogP contribution in [0.1, 0.15) is 77.6 Å². The van der Waals surface area contributed by atoms with E-state index >= 15 is 0 Å². The number of nitrogens with one attached hydrogen (secondary N) is 1. The number of hydrogen-bond acceptors (Lipinski definition) is 1. The van der Waals surface area contributed by atoms with E-state index in [0.717, 1.165) is 17.8 Å². The van der Waals surface area contributed by atoms with Crippen LogP contribution in [0.15, 0.2) is 0 Å². The summed E-state index contributed by atoms with van der Waals surface area (Å²) in [6.07, 6.45) is 16.4. The van der Waals surface area contributed by atoms with Crippen molar-refractivity contribution < 1.29 is 0 Å². The molecule has 2 aliphatic rings. The summed E-state index contributed by atoms with van der Waals surface area (Å²) in [5, 5.41) is 3.64. The van der Waals surface area contributed by atoms with Gasteiger partial charge in [0.1, 0.15) is 0 Å². The summed E-state index contributed by atoms with van der Waals surface area (Å²) in [6.45, 7) is 5.05. The molecule has 0 bridgehead atoms. The first-order chi connectivity index (χ1) is 8.88. The van der Waals surface area contributed by atoms with E-state index in [1.165, 1.54) is 83.7 Å². The van der Waals surface area contributed by atoms with Crippen molar-refractivity contribution in [2.45, 2.75) is 77.6 Å². The van der Waals surface area contributed by atoms with E-state index in [9.17, 15) is 0 Å². The van der Waals surface area contributed by atoms with Crippen molar-refractivity contribution in [3.05, 3.63) is 0 Å². The van der Waals surface area contributed by atoms with Gasteiger partial charge in [0, 0.05) is 0 Å². The Hall–Kier alpha value is -0.0400. The van der Waals surface area contributed by atoms with Gasteiger partial charge in [-0.05, 0) is 37.3 Å². The maximum absolute atomic E-state index is 3.64. The highest BCUT2D eigenvalue weighted by atomic mass is 14.9. The van der Waals surface area contributed by atoms with Crippen LogP contribution in [0.2, 0.25) is 0 Å². The molecular weight excluding hydrogens is 218 g/mol. The van der Waals surface area contributed by atoms with E-state index in [1.54, 1.807) is 0 Å². The first-order valence-electron chi connectivity index (χ1n) is 8.58. The predicted octanol–water partition coefficient (Wildman–Crippen LogP) is 4.76. The van der Waals surface area contributed by atoms with Crippen LogP contribution in [0.3, 0.4) is 0 Å². The highest BCUT2D eigenvalue weighted by molar-refractivity contribution is 4.81. The average Bonchev–Trinajstić information content (AvgIpc) is 2.44. The molecule has 1 heteroatoms. The largest absolute Gasteiger partial charge is 0.316 e. The third kappa shape index (κ3) is 4.57. The Morgan fingerprint density at radius 2 is 1.28 bits per heavy atom. The molecule has 0 amide bonds. The zero-order valence-corrected chi connectivity index (χ0v) is 12.4. The molecule has 0 aromatic carbocycles. The standard InChI is InChI=1S/C17H33N/c1-15-12-13-18-14-17(15)16-10-8-6-4-2-3-5-7-9-11-16/h15-18H,2-14H2,1H3. The Morgan fingerprint density at radius 3 is 1.83 bits per heavy atom. The topological polar surface area (TPSA) is 12.0 Å². The summed E-state index contributed by atoms with van der Waals surface area (Å²) in [7, 11) is 0. The number of hydrogen-bond donors (Lipinski definition) is 1. The minimum absolute atomic E-state index is 0.960. The minimum atomic E-state index is 0.960. The second-order valence-electron chi connectivity index (χ2n) is 6.80. The Kier molecular flexibility index (Phi) is 6.54. The molecule has 2 unspecified atom stereocenters. The van der Waals surface area contributed by atoms with Crippen molar-refractivity contribution in [1.82, 2.24) is 5.32 Å². The molecule has 1 aliphatic heterocycles. The Morgan fingerprint density at radius 1 is 0.722 bits per heavy atom. The monoisotopic (exact) mass is 251 g/mol. The van der Waals surface area contributed by atoms with Gasteiger partial charge in [-0.1, -0.05) is 71.1 Å². The Balaban J connectivity index is 1.85. The van der Waals surface area contributed by atoms with E-state index in [4.69, 9.17) is 0 Å². The van der Waals surface area contributed by atoms with Gasteiger partial charge in [0.2, 0.25) is 0 Å². The van der Waals surface area contributed by atoms with Crippen LogP contribution in [0.25, 0.3) is 0 Å². The van der Waals surface area contributed by atoms with Gasteiger partial charge in [-0.15, -0.1) is 0 Å². The first kappa shape index (κ1) is 14.4. The van der Waals surface area contributed by atoms with E-state index in [2.05, 4.69) is 12.2 Å². The van der Waals surface area contributed by atoms with Gasteiger partial charge in [-0.25, -0.2) is 0 Å². The van der Waals surface area contributed by atoms with Crippen LogP contribution in [-0.4, -0.2) is 13.1 Å². The Bertz CT molecular complexity index is 202. The van der Waals surface area contributed by atoms with Gasteiger partial charge in [0.05, 0.1) is 0 Å². The van der Waals surface area contributed by atoms with Gasteiger partial charge < -0.3 is 5.32 Å². The maximum atomic E-state index is 3.64. The molecule has 1 heterocycles. The Labute approximate surface area is 114 Å². The first-order valence-corrected chi connectivity index (χ1v) is 8.58. The lowest BCUT2D eigenvalue weighted by atomic mass is 9.74. The van der Waals surface area contributed by atoms with E-state index in [1.807, 2.05) is 0 Å². The lowest BCUT2D eigenvalue weighted by Gasteiger charge is -2.36. The summed E-state index contributed by atoms with van der Waals surface area (Å²) in [4.78, 5) is 0. The summed E-state index contributed by atoms with van der Waals surface area (Å²) >= 11 is 0. The zero-order valence-electron chi connectivity index (χ0n) is 12.4. The summed E-state index contributed by atoms with van der Waals surface area (Å²) in [5.74, 6) is 2.95. The molecule has 0 aromatic heterocycles. The second-order valence-corrected chi connectivity index (χ2v) is 6.80. The van der Waals surface area contributed by atoms with E-state index < -0.39 is 0 Å². The molecule has 2 rings (SSSR count). The van der Waals surface area contributed by atoms with Gasteiger partial charge >= 0.3 is 0 Å². The maximum Gasteiger partial charge on any atom is -0.00153 e. The SMILES string of the molecule is CC1CCNCC1C1CCCCCCCCCC1. The van der Waals surface area contributed by atoms with Crippen LogP contribution in [0.4, 0.5) is 0 Å². The molecule has 1 saturated carbocycles. The third-order valence-electron chi connectivity index (χ3n) is 5.39. The fourth-order valence-electron chi connectivity index (χ4n) is 4.09. The summed E-state index contributed by atoms with van der Waals surface area (Å²) < 4.78 is 0. The van der Waals surface area contributed by atoms with Gasteiger partial charge in [0.25, 0.3) is 0 Å². The van der Waals surface area contributed by atoms with Crippen LogP contribution < -0.4 is 5.32 Å². The van der Waals surface area contributed by atoms with Gasteiger partial charge in [-0.2, -0.15) is 0 Å². The van der Waals surface area contributed by atoms with Crippen molar-refractivity contribution in [1.29, 1.82) is 0 Å². The lowest BCUT2D eigenvalue weighted by molar-refractivity contribution is 0.167. The lowest BCUT2D eigenvalue weighted by Crippen LogP contribution is -2.39. The molecule has 0 spiro atoms. The second kappa shape index (κ2) is 8.19. The van der Waals surface area contributed by atoms with Crippen molar-refractivity contribution in [3.63, 3.8) is 0 Å². The molecule has 0 aromatic rings. The highest BCUT2D eigenvalue weighted by Crippen LogP contribution is 2.33. The summed E-state index contributed by atoms with van der Waals surface area (Å²) in [5.41, 5.74) is 0. The van der Waals surface area contributed by atoms with Crippen LogP contribution >= 0.6 is 0 Å². The van der Waals surface area contributed by atoms with E-state index in [0.29, 0.717) is 0 Å². The third-order valence-corrected chi connectivity index (χ3v) is 5.39. The molecule has 1 N–H and O–H groups in total. The summed E-state index contributed by atoms with van der Waals surface area (Å²) in [6, 6.07) is 0. The van der Waals surface area contributed by atoms with Gasteiger partial charge in [0.15, 0.2) is 0 Å². The fraction of sp³-hybridized carbons (Fsp3) is 1.00. The predicted molar refractivity (Wildman–Crippen MR) is 79.8 cm³/mol. The fourth-order valence-corrected chi connectivity index (χ4v) is 4.09. The molecule has 0 radical (unpaired) electrons. The van der Waals surface area contributed by atoms with E-state index in [-0.39, 0.29) is 0 Å². The van der Waals surface area contributed by atoms with Crippen LogP contribution in [0.5, 0.6) is 0 Å². The molecular formula is C17H33N. The molecule has 2 fully saturated rings. The quantitative estimate of drug-likeness (QED) is 0.708. The van der Waals surface area contributed by atoms with Crippen molar-refractivity contribution >= 4 is 0 Å². The number of rotatable bonds is 1. The zero-order chi connectivity index (χ0) is 12.6. The van der Waals surface area contributed by atoms with Gasteiger partial charge in [-0.3, -0.25) is 0 Å². The van der Waals surface area contributed by atoms with Crippen LogP contribution in [-0.2, 0) is 0 Å². The molecule has 1 nitrogen and oxygen atoms in total. The smallest absolute Gasteiger partial charge is 0.00153 e. The molecule has 2 atom stereocenters. The average molecular weight is 251 g/mol. The minimum Gasteiger partial charge on any atom is -0.316 e. The molecule has 106 valence electrons. The molecule has 1 saturated heterocycles. The number of piperidine rings is 1. The highest BCUT2D eigenvalue weighted by Gasteiger charge is 2.28. The molecule has 18 heavy (non-hydrogen) atoms. The normalized spacial score (nSPS) is 33.8. The van der Waals surface area contributed by atoms with Crippen molar-refractivity contribution in [2.75, 3.05) is 13.1 Å².